The van der Waals surface area contributed by atoms with E-state index in [0.29, 0.717) is 0 Å². The molecule has 0 saturated heterocycles. The van der Waals surface area contributed by atoms with Crippen LogP contribution in [0.4, 0.5) is 0 Å². The highest BCUT2D eigenvalue weighted by Crippen LogP contribution is 2.13. The summed E-state index contributed by atoms with van der Waals surface area (Å²) in [5, 5.41) is 3.42. The van der Waals surface area contributed by atoms with E-state index in [0.717, 1.165) is 44.0 Å². The molecular formula is C15H23Cl2N3O. The molecule has 2 N–H and O–H groups in total. The van der Waals surface area contributed by atoms with Crippen molar-refractivity contribution in [2.45, 2.75) is 26.3 Å². The van der Waals surface area contributed by atoms with Crippen molar-refractivity contribution < 1.29 is 4.74 Å². The largest absolute Gasteiger partial charge is 0.494 e. The molecule has 2 rings (SSSR count). The molecule has 0 aliphatic rings. The van der Waals surface area contributed by atoms with Gasteiger partial charge in [-0.1, -0.05) is 19.1 Å². The fourth-order valence-corrected chi connectivity index (χ4v) is 1.84. The van der Waals surface area contributed by atoms with Gasteiger partial charge in [-0.2, -0.15) is 0 Å². The molecule has 0 aliphatic carbocycles. The summed E-state index contributed by atoms with van der Waals surface area (Å²) in [5.74, 6) is 0.953. The average Bonchev–Trinajstić information content (AvgIpc) is 2.95. The van der Waals surface area contributed by atoms with Crippen LogP contribution in [-0.4, -0.2) is 23.1 Å². The van der Waals surface area contributed by atoms with Crippen LogP contribution in [0.3, 0.4) is 0 Å². The fraction of sp³-hybridized carbons (Fsp3) is 0.400. The smallest absolute Gasteiger partial charge is 0.119 e. The maximum absolute atomic E-state index is 5.62. The predicted octanol–water partition coefficient (Wildman–Crippen LogP) is 3.37. The minimum absolute atomic E-state index is 0. The number of rotatable bonds is 8. The Labute approximate surface area is 138 Å². The Kier molecular flexibility index (Phi) is 10.8. The molecule has 2 aromatic rings. The van der Waals surface area contributed by atoms with Crippen molar-refractivity contribution in [2.75, 3.05) is 13.2 Å². The van der Waals surface area contributed by atoms with Crippen molar-refractivity contribution in [2.24, 2.45) is 0 Å². The maximum atomic E-state index is 5.62. The molecule has 0 atom stereocenters. The number of aromatic amines is 1. The number of nitrogens with zero attached hydrogens (tertiary/aromatic N) is 1. The van der Waals surface area contributed by atoms with Gasteiger partial charge in [0.1, 0.15) is 5.75 Å². The zero-order chi connectivity index (χ0) is 13.3. The van der Waals surface area contributed by atoms with Crippen molar-refractivity contribution in [3.63, 3.8) is 0 Å². The highest BCUT2D eigenvalue weighted by atomic mass is 35.5. The van der Waals surface area contributed by atoms with Gasteiger partial charge in [0.05, 0.1) is 12.9 Å². The second-order valence-electron chi connectivity index (χ2n) is 4.50. The molecule has 0 amide bonds. The molecule has 0 radical (unpaired) electrons. The van der Waals surface area contributed by atoms with Crippen LogP contribution in [0.2, 0.25) is 0 Å². The number of H-pyrrole nitrogens is 1. The molecule has 1 heterocycles. The monoisotopic (exact) mass is 331 g/mol. The molecule has 1 aromatic heterocycles. The molecular weight excluding hydrogens is 309 g/mol. The quantitative estimate of drug-likeness (QED) is 0.729. The molecule has 0 spiro atoms. The first-order chi connectivity index (χ1) is 9.38. The van der Waals surface area contributed by atoms with E-state index in [1.807, 2.05) is 18.3 Å². The number of hydrogen-bond donors (Lipinski definition) is 2. The van der Waals surface area contributed by atoms with E-state index in [1.54, 1.807) is 6.33 Å². The Hall–Kier alpha value is -1.23. The van der Waals surface area contributed by atoms with Gasteiger partial charge >= 0.3 is 0 Å². The van der Waals surface area contributed by atoms with Gasteiger partial charge in [-0.15, -0.1) is 24.8 Å². The summed E-state index contributed by atoms with van der Waals surface area (Å²) in [7, 11) is 0. The summed E-state index contributed by atoms with van der Waals surface area (Å²) in [4.78, 5) is 7.10. The van der Waals surface area contributed by atoms with Crippen molar-refractivity contribution in [1.82, 2.24) is 15.3 Å². The number of ether oxygens (including phenoxy) is 1. The summed E-state index contributed by atoms with van der Waals surface area (Å²) < 4.78 is 5.62. The Morgan fingerprint density at radius 3 is 2.86 bits per heavy atom. The van der Waals surface area contributed by atoms with Crippen LogP contribution in [0.25, 0.3) is 0 Å². The molecule has 1 aromatic carbocycles. The minimum Gasteiger partial charge on any atom is -0.494 e. The van der Waals surface area contributed by atoms with E-state index in [1.165, 1.54) is 5.56 Å². The molecule has 0 bridgehead atoms. The third-order valence-corrected chi connectivity index (χ3v) is 2.83. The van der Waals surface area contributed by atoms with Crippen molar-refractivity contribution in [1.29, 1.82) is 0 Å². The van der Waals surface area contributed by atoms with Gasteiger partial charge in [0.2, 0.25) is 0 Å². The third kappa shape index (κ3) is 7.37. The second kappa shape index (κ2) is 11.4. The summed E-state index contributed by atoms with van der Waals surface area (Å²) in [5.41, 5.74) is 2.41. The molecule has 6 heteroatoms. The molecule has 0 saturated carbocycles. The van der Waals surface area contributed by atoms with Crippen LogP contribution in [0.5, 0.6) is 5.75 Å². The van der Waals surface area contributed by atoms with E-state index in [9.17, 15) is 0 Å². The second-order valence-corrected chi connectivity index (χ2v) is 4.50. The van der Waals surface area contributed by atoms with Crippen molar-refractivity contribution in [3.8, 4) is 5.75 Å². The van der Waals surface area contributed by atoms with E-state index >= 15 is 0 Å². The number of aromatic nitrogens is 2. The number of halogens is 2. The highest BCUT2D eigenvalue weighted by molar-refractivity contribution is 5.85. The maximum Gasteiger partial charge on any atom is 0.119 e. The fourth-order valence-electron chi connectivity index (χ4n) is 1.84. The van der Waals surface area contributed by atoms with Gasteiger partial charge in [-0.25, -0.2) is 4.98 Å². The third-order valence-electron chi connectivity index (χ3n) is 2.83. The molecule has 21 heavy (non-hydrogen) atoms. The molecule has 0 fully saturated rings. The number of benzene rings is 1. The lowest BCUT2D eigenvalue weighted by Gasteiger charge is -2.08. The van der Waals surface area contributed by atoms with Crippen molar-refractivity contribution in [3.05, 3.63) is 48.0 Å². The van der Waals surface area contributed by atoms with Crippen LogP contribution in [0.15, 0.2) is 36.8 Å². The van der Waals surface area contributed by atoms with E-state index in [-0.39, 0.29) is 24.8 Å². The van der Waals surface area contributed by atoms with Gasteiger partial charge in [0, 0.05) is 31.4 Å². The first-order valence-electron chi connectivity index (χ1n) is 6.78. The molecule has 118 valence electrons. The van der Waals surface area contributed by atoms with Crippen LogP contribution < -0.4 is 10.1 Å². The summed E-state index contributed by atoms with van der Waals surface area (Å²) in [6.45, 7) is 4.68. The Bertz CT molecular complexity index is 478. The number of hydrogen-bond acceptors (Lipinski definition) is 3. The van der Waals surface area contributed by atoms with Crippen LogP contribution in [0, 0.1) is 0 Å². The number of nitrogens with one attached hydrogen (secondary N) is 2. The SMILES string of the molecule is CCCOc1cccc(CNCCc2cnc[nH]2)c1.Cl.Cl. The first-order valence-corrected chi connectivity index (χ1v) is 6.78. The van der Waals surface area contributed by atoms with Gasteiger partial charge in [-0.05, 0) is 24.1 Å². The van der Waals surface area contributed by atoms with Gasteiger partial charge in [0.15, 0.2) is 0 Å². The lowest BCUT2D eigenvalue weighted by molar-refractivity contribution is 0.317. The standard InChI is InChI=1S/C15H21N3O.2ClH/c1-2-8-19-15-5-3-4-13(9-15)10-16-7-6-14-11-17-12-18-14;;/h3-5,9,11-12,16H,2,6-8,10H2,1H3,(H,17,18);2*1H. The van der Waals surface area contributed by atoms with E-state index in [2.05, 4.69) is 34.3 Å². The summed E-state index contributed by atoms with van der Waals surface area (Å²) in [6.07, 6.45) is 5.57. The topological polar surface area (TPSA) is 49.9 Å². The van der Waals surface area contributed by atoms with Gasteiger partial charge in [0.25, 0.3) is 0 Å². The lowest BCUT2D eigenvalue weighted by Crippen LogP contribution is -2.16. The average molecular weight is 332 g/mol. The Morgan fingerprint density at radius 2 is 2.14 bits per heavy atom. The van der Waals surface area contributed by atoms with Gasteiger partial charge in [-0.3, -0.25) is 0 Å². The van der Waals surface area contributed by atoms with Crippen LogP contribution in [-0.2, 0) is 13.0 Å². The predicted molar refractivity (Wildman–Crippen MR) is 90.7 cm³/mol. The van der Waals surface area contributed by atoms with Crippen molar-refractivity contribution >= 4 is 24.8 Å². The number of imidazole rings is 1. The van der Waals surface area contributed by atoms with Crippen LogP contribution in [0.1, 0.15) is 24.6 Å². The normalized spacial score (nSPS) is 9.57. The first kappa shape index (κ1) is 19.8. The highest BCUT2D eigenvalue weighted by Gasteiger charge is 1.98. The zero-order valence-corrected chi connectivity index (χ0v) is 13.8. The van der Waals surface area contributed by atoms with E-state index in [4.69, 9.17) is 4.74 Å². The van der Waals surface area contributed by atoms with E-state index < -0.39 is 0 Å². The molecule has 0 aliphatic heterocycles. The minimum atomic E-state index is 0. The lowest BCUT2D eigenvalue weighted by atomic mass is 10.2. The molecule has 0 unspecified atom stereocenters. The summed E-state index contributed by atoms with van der Waals surface area (Å²) >= 11 is 0. The Balaban J connectivity index is 0.00000200. The summed E-state index contributed by atoms with van der Waals surface area (Å²) in [6, 6.07) is 8.25. The van der Waals surface area contributed by atoms with Crippen LogP contribution >= 0.6 is 24.8 Å². The Morgan fingerprint density at radius 1 is 1.29 bits per heavy atom. The zero-order valence-electron chi connectivity index (χ0n) is 12.2. The molecule has 4 nitrogen and oxygen atoms in total. The van der Waals surface area contributed by atoms with Gasteiger partial charge < -0.3 is 15.0 Å².